The molecule has 172 valence electrons. The second-order valence-electron chi connectivity index (χ2n) is 9.30. The normalized spacial score (nSPS) is 17.7. The van der Waals surface area contributed by atoms with Crippen molar-refractivity contribution < 1.29 is 9.59 Å². The molecule has 2 aliphatic rings. The van der Waals surface area contributed by atoms with Gasteiger partial charge in [-0.05, 0) is 43.0 Å². The Hall–Kier alpha value is -3.94. The molecule has 1 N–H and O–H groups in total. The van der Waals surface area contributed by atoms with Crippen molar-refractivity contribution in [3.05, 3.63) is 66.6 Å². The van der Waals surface area contributed by atoms with Crippen molar-refractivity contribution in [2.24, 2.45) is 12.5 Å². The highest BCUT2D eigenvalue weighted by atomic mass is 16.2. The third-order valence-electron chi connectivity index (χ3n) is 7.49. The van der Waals surface area contributed by atoms with Gasteiger partial charge in [-0.15, -0.1) is 0 Å². The number of amides is 2. The van der Waals surface area contributed by atoms with E-state index in [0.29, 0.717) is 38.2 Å². The van der Waals surface area contributed by atoms with Crippen LogP contribution in [0.2, 0.25) is 0 Å². The lowest BCUT2D eigenvalue weighted by Crippen LogP contribution is -2.46. The van der Waals surface area contributed by atoms with E-state index < -0.39 is 0 Å². The molecule has 0 atom stereocenters. The number of aromatic nitrogens is 4. The molecule has 4 aromatic rings. The summed E-state index contributed by atoms with van der Waals surface area (Å²) < 4.78 is 1.75. The molecule has 0 bridgehead atoms. The van der Waals surface area contributed by atoms with Gasteiger partial charge in [0.2, 0.25) is 5.91 Å². The van der Waals surface area contributed by atoms with Crippen LogP contribution < -0.4 is 4.90 Å². The molecule has 2 aromatic heterocycles. The Morgan fingerprint density at radius 3 is 2.44 bits per heavy atom. The number of hydrogen-bond donors (Lipinski definition) is 1. The topological polar surface area (TPSA) is 87.1 Å². The van der Waals surface area contributed by atoms with E-state index in [1.54, 1.807) is 10.9 Å². The number of aromatic amines is 1. The standard InChI is InChI=1S/C26H26N6O2/c1-30-22-5-3-2-4-21(22)23(29-30)24(33)31-13-10-26(11-14-31)12-15-32(25(26)34)20-8-6-18(7-9-20)19-16-27-28-17-19/h2-9,16-17H,10-15H2,1H3,(H,27,28). The Bertz CT molecular complexity index is 1360. The number of carbonyl (C=O) groups excluding carboxylic acids is 2. The Labute approximate surface area is 197 Å². The van der Waals surface area contributed by atoms with Crippen LogP contribution in [0.1, 0.15) is 29.8 Å². The van der Waals surface area contributed by atoms with E-state index in [-0.39, 0.29) is 17.2 Å². The van der Waals surface area contributed by atoms with E-state index >= 15 is 0 Å². The van der Waals surface area contributed by atoms with Gasteiger partial charge >= 0.3 is 0 Å². The van der Waals surface area contributed by atoms with Gasteiger partial charge in [0.15, 0.2) is 5.69 Å². The molecule has 0 radical (unpaired) electrons. The summed E-state index contributed by atoms with van der Waals surface area (Å²) in [7, 11) is 1.86. The minimum absolute atomic E-state index is 0.0520. The Morgan fingerprint density at radius 2 is 1.71 bits per heavy atom. The zero-order valence-electron chi connectivity index (χ0n) is 19.1. The molecule has 2 saturated heterocycles. The van der Waals surface area contributed by atoms with Gasteiger partial charge < -0.3 is 9.80 Å². The zero-order valence-corrected chi connectivity index (χ0v) is 19.1. The van der Waals surface area contributed by atoms with E-state index in [1.165, 1.54) is 0 Å². The molecule has 34 heavy (non-hydrogen) atoms. The lowest BCUT2D eigenvalue weighted by Gasteiger charge is -2.37. The van der Waals surface area contributed by atoms with E-state index in [0.717, 1.165) is 34.1 Å². The van der Waals surface area contributed by atoms with Gasteiger partial charge in [0.1, 0.15) is 0 Å². The van der Waals surface area contributed by atoms with E-state index in [2.05, 4.69) is 15.3 Å². The Morgan fingerprint density at radius 1 is 0.971 bits per heavy atom. The van der Waals surface area contributed by atoms with Crippen LogP contribution in [0.3, 0.4) is 0 Å². The van der Waals surface area contributed by atoms with Crippen molar-refractivity contribution in [2.75, 3.05) is 24.5 Å². The molecule has 1 spiro atoms. The monoisotopic (exact) mass is 454 g/mol. The van der Waals surface area contributed by atoms with E-state index in [9.17, 15) is 9.59 Å². The molecular formula is C26H26N6O2. The van der Waals surface area contributed by atoms with Crippen molar-refractivity contribution >= 4 is 28.4 Å². The molecule has 0 saturated carbocycles. The molecule has 0 aliphatic carbocycles. The number of para-hydroxylation sites is 1. The summed E-state index contributed by atoms with van der Waals surface area (Å²) in [4.78, 5) is 30.6. The van der Waals surface area contributed by atoms with E-state index in [1.807, 2.05) is 71.6 Å². The molecule has 2 amide bonds. The fourth-order valence-corrected chi connectivity index (χ4v) is 5.43. The molecule has 6 rings (SSSR count). The van der Waals surface area contributed by atoms with Crippen LogP contribution >= 0.6 is 0 Å². The van der Waals surface area contributed by atoms with Crippen LogP contribution in [0.5, 0.6) is 0 Å². The minimum atomic E-state index is -0.383. The number of anilines is 1. The summed E-state index contributed by atoms with van der Waals surface area (Å²) in [6, 6.07) is 15.8. The Balaban J connectivity index is 1.16. The predicted molar refractivity (Wildman–Crippen MR) is 129 cm³/mol. The highest BCUT2D eigenvalue weighted by Crippen LogP contribution is 2.43. The summed E-state index contributed by atoms with van der Waals surface area (Å²) in [5.74, 6) is 0.128. The number of nitrogens with one attached hydrogen (secondary N) is 1. The number of aryl methyl sites for hydroxylation is 1. The van der Waals surface area contributed by atoms with Gasteiger partial charge in [-0.3, -0.25) is 19.4 Å². The average Bonchev–Trinajstić information content (AvgIpc) is 3.60. The summed E-state index contributed by atoms with van der Waals surface area (Å²) in [6.45, 7) is 1.86. The number of fused-ring (bicyclic) bond motifs is 1. The number of benzene rings is 2. The maximum Gasteiger partial charge on any atom is 0.275 e. The zero-order chi connectivity index (χ0) is 23.3. The van der Waals surface area contributed by atoms with Crippen molar-refractivity contribution in [1.82, 2.24) is 24.9 Å². The number of nitrogens with zero attached hydrogens (tertiary/aromatic N) is 5. The van der Waals surface area contributed by atoms with Gasteiger partial charge in [-0.25, -0.2) is 0 Å². The average molecular weight is 455 g/mol. The smallest absolute Gasteiger partial charge is 0.275 e. The lowest BCUT2D eigenvalue weighted by atomic mass is 9.77. The molecule has 8 nitrogen and oxygen atoms in total. The van der Waals surface area contributed by atoms with Gasteiger partial charge in [-0.1, -0.05) is 30.3 Å². The quantitative estimate of drug-likeness (QED) is 0.512. The third kappa shape index (κ3) is 3.21. The molecule has 8 heteroatoms. The fourth-order valence-electron chi connectivity index (χ4n) is 5.43. The number of likely N-dealkylation sites (tertiary alicyclic amines) is 1. The second-order valence-corrected chi connectivity index (χ2v) is 9.30. The first-order chi connectivity index (χ1) is 16.6. The van der Waals surface area contributed by atoms with Crippen LogP contribution in [-0.4, -0.2) is 56.3 Å². The first kappa shape index (κ1) is 20.7. The van der Waals surface area contributed by atoms with Crippen molar-refractivity contribution in [3.8, 4) is 11.1 Å². The first-order valence-corrected chi connectivity index (χ1v) is 11.7. The van der Waals surface area contributed by atoms with Crippen LogP contribution in [0, 0.1) is 5.41 Å². The highest BCUT2D eigenvalue weighted by Gasteiger charge is 2.49. The molecule has 0 unspecified atom stereocenters. The summed E-state index contributed by atoms with van der Waals surface area (Å²) in [5, 5.41) is 12.2. The number of piperidine rings is 1. The maximum absolute atomic E-state index is 13.5. The van der Waals surface area contributed by atoms with Crippen LogP contribution in [0.15, 0.2) is 60.9 Å². The van der Waals surface area contributed by atoms with Crippen LogP contribution in [0.4, 0.5) is 5.69 Å². The second kappa shape index (κ2) is 7.83. The highest BCUT2D eigenvalue weighted by molar-refractivity contribution is 6.05. The maximum atomic E-state index is 13.5. The van der Waals surface area contributed by atoms with Crippen LogP contribution in [-0.2, 0) is 11.8 Å². The third-order valence-corrected chi connectivity index (χ3v) is 7.49. The summed E-state index contributed by atoms with van der Waals surface area (Å²) in [5.41, 5.74) is 4.06. The van der Waals surface area contributed by atoms with E-state index in [4.69, 9.17) is 0 Å². The number of rotatable bonds is 3. The molecule has 2 aromatic carbocycles. The van der Waals surface area contributed by atoms with Gasteiger partial charge in [0.05, 0.1) is 17.1 Å². The fraction of sp³-hybridized carbons (Fsp3) is 0.308. The molecule has 2 aliphatic heterocycles. The van der Waals surface area contributed by atoms with Crippen molar-refractivity contribution in [2.45, 2.75) is 19.3 Å². The number of hydrogen-bond acceptors (Lipinski definition) is 4. The number of carbonyl (C=O) groups is 2. The minimum Gasteiger partial charge on any atom is -0.337 e. The predicted octanol–water partition coefficient (Wildman–Crippen LogP) is 3.62. The van der Waals surface area contributed by atoms with Gasteiger partial charge in [0.25, 0.3) is 5.91 Å². The SMILES string of the molecule is Cn1nc(C(=O)N2CCC3(CC2)CCN(c2ccc(-c4cn[nH]c4)cc2)C3=O)c2ccccc21. The lowest BCUT2D eigenvalue weighted by molar-refractivity contribution is -0.127. The summed E-state index contributed by atoms with van der Waals surface area (Å²) in [6.07, 6.45) is 5.84. The molecule has 4 heterocycles. The molecule has 2 fully saturated rings. The summed E-state index contributed by atoms with van der Waals surface area (Å²) >= 11 is 0. The van der Waals surface area contributed by atoms with Crippen LogP contribution in [0.25, 0.3) is 22.0 Å². The largest absolute Gasteiger partial charge is 0.337 e. The number of H-pyrrole nitrogens is 1. The first-order valence-electron chi connectivity index (χ1n) is 11.7. The Kier molecular flexibility index (Phi) is 4.76. The van der Waals surface area contributed by atoms with Gasteiger partial charge in [-0.2, -0.15) is 10.2 Å². The van der Waals surface area contributed by atoms with Gasteiger partial charge in [0, 0.05) is 49.5 Å². The molecular weight excluding hydrogens is 428 g/mol. The van der Waals surface area contributed by atoms with Crippen molar-refractivity contribution in [3.63, 3.8) is 0 Å². The van der Waals surface area contributed by atoms with Crippen molar-refractivity contribution in [1.29, 1.82) is 0 Å².